The Bertz CT molecular complexity index is 828. The Kier molecular flexibility index (Phi) is 4.81. The number of rotatable bonds is 6. The van der Waals surface area contributed by atoms with Crippen molar-refractivity contribution >= 4 is 16.7 Å². The van der Waals surface area contributed by atoms with E-state index in [4.69, 9.17) is 4.74 Å². The third-order valence-electron chi connectivity index (χ3n) is 3.36. The van der Waals surface area contributed by atoms with Gasteiger partial charge in [-0.05, 0) is 42.5 Å². The first-order valence-electron chi connectivity index (χ1n) is 7.32. The third-order valence-corrected chi connectivity index (χ3v) is 3.36. The summed E-state index contributed by atoms with van der Waals surface area (Å²) in [6.45, 7) is 0.180. The first kappa shape index (κ1) is 16.1. The van der Waals surface area contributed by atoms with Crippen molar-refractivity contribution in [2.24, 2.45) is 0 Å². The van der Waals surface area contributed by atoms with Gasteiger partial charge < -0.3 is 15.2 Å². The van der Waals surface area contributed by atoms with Gasteiger partial charge in [-0.2, -0.15) is 0 Å². The van der Waals surface area contributed by atoms with Crippen LogP contribution in [-0.2, 0) is 0 Å². The molecule has 0 bridgehead atoms. The minimum Gasteiger partial charge on any atom is -0.491 e. The van der Waals surface area contributed by atoms with E-state index in [1.165, 1.54) is 42.7 Å². The second kappa shape index (κ2) is 7.18. The molecule has 1 heterocycles. The lowest BCUT2D eigenvalue weighted by molar-refractivity contribution is 0.117. The molecule has 0 aliphatic heterocycles. The van der Waals surface area contributed by atoms with Crippen LogP contribution < -0.4 is 10.1 Å². The molecule has 24 heavy (non-hydrogen) atoms. The molecule has 5 nitrogen and oxygen atoms in total. The molecule has 0 aliphatic carbocycles. The number of aliphatic hydroxyl groups excluding tert-OH is 1. The minimum absolute atomic E-state index is 0.0238. The fourth-order valence-corrected chi connectivity index (χ4v) is 2.17. The second-order valence-corrected chi connectivity index (χ2v) is 5.18. The average Bonchev–Trinajstić information content (AvgIpc) is 2.59. The van der Waals surface area contributed by atoms with Gasteiger partial charge in [-0.3, -0.25) is 0 Å². The van der Waals surface area contributed by atoms with Crippen LogP contribution >= 0.6 is 0 Å². The minimum atomic E-state index is -0.825. The molecule has 0 saturated heterocycles. The number of anilines is 1. The van der Waals surface area contributed by atoms with Crippen molar-refractivity contribution in [1.29, 1.82) is 0 Å². The van der Waals surface area contributed by atoms with E-state index in [-0.39, 0.29) is 24.8 Å². The van der Waals surface area contributed by atoms with Crippen molar-refractivity contribution in [3.63, 3.8) is 0 Å². The Balaban J connectivity index is 1.59. The van der Waals surface area contributed by atoms with Crippen LogP contribution in [0.2, 0.25) is 0 Å². The summed E-state index contributed by atoms with van der Waals surface area (Å²) in [6.07, 6.45) is 0.540. The molecule has 2 N–H and O–H groups in total. The number of hydrogen-bond acceptors (Lipinski definition) is 5. The Morgan fingerprint density at radius 2 is 1.79 bits per heavy atom. The van der Waals surface area contributed by atoms with Crippen LogP contribution in [0.4, 0.5) is 14.6 Å². The van der Waals surface area contributed by atoms with E-state index in [0.717, 1.165) is 0 Å². The summed E-state index contributed by atoms with van der Waals surface area (Å²) in [4.78, 5) is 8.12. The fourth-order valence-electron chi connectivity index (χ4n) is 2.17. The zero-order chi connectivity index (χ0) is 16.9. The average molecular weight is 331 g/mol. The maximum absolute atomic E-state index is 13.4. The molecule has 0 aliphatic rings. The molecule has 1 unspecified atom stereocenters. The molecule has 3 rings (SSSR count). The highest BCUT2D eigenvalue weighted by Crippen LogP contribution is 2.20. The van der Waals surface area contributed by atoms with Gasteiger partial charge in [0.05, 0.1) is 5.52 Å². The molecule has 0 fully saturated rings. The summed E-state index contributed by atoms with van der Waals surface area (Å²) in [5, 5.41) is 13.5. The molecular formula is C17H15F2N3O2. The number of benzene rings is 2. The van der Waals surface area contributed by atoms with Gasteiger partial charge in [0, 0.05) is 11.9 Å². The van der Waals surface area contributed by atoms with Crippen LogP contribution in [-0.4, -0.2) is 34.3 Å². The summed E-state index contributed by atoms with van der Waals surface area (Å²) >= 11 is 0. The van der Waals surface area contributed by atoms with Gasteiger partial charge >= 0.3 is 0 Å². The van der Waals surface area contributed by atoms with Crippen LogP contribution in [0.25, 0.3) is 10.9 Å². The molecule has 124 valence electrons. The van der Waals surface area contributed by atoms with Gasteiger partial charge in [-0.15, -0.1) is 0 Å². The predicted molar refractivity (Wildman–Crippen MR) is 85.9 cm³/mol. The lowest BCUT2D eigenvalue weighted by Gasteiger charge is -2.14. The van der Waals surface area contributed by atoms with Gasteiger partial charge in [-0.25, -0.2) is 18.7 Å². The van der Waals surface area contributed by atoms with E-state index in [1.54, 1.807) is 6.07 Å². The Morgan fingerprint density at radius 1 is 1.04 bits per heavy atom. The monoisotopic (exact) mass is 331 g/mol. The zero-order valence-electron chi connectivity index (χ0n) is 12.6. The topological polar surface area (TPSA) is 67.3 Å². The van der Waals surface area contributed by atoms with Crippen molar-refractivity contribution in [1.82, 2.24) is 9.97 Å². The first-order chi connectivity index (χ1) is 11.6. The van der Waals surface area contributed by atoms with Gasteiger partial charge in [0.1, 0.15) is 42.2 Å². The number of aromatic nitrogens is 2. The van der Waals surface area contributed by atoms with Crippen molar-refractivity contribution in [3.05, 3.63) is 60.4 Å². The molecule has 1 atom stereocenters. The number of nitrogens with one attached hydrogen (secondary N) is 1. The SMILES string of the molecule is OC(CNc1ncnc2ccc(F)cc12)COc1ccc(F)cc1. The summed E-state index contributed by atoms with van der Waals surface area (Å²) in [5.74, 6) is 0.151. The predicted octanol–water partition coefficient (Wildman–Crippen LogP) is 2.76. The molecule has 0 saturated carbocycles. The Morgan fingerprint density at radius 3 is 2.58 bits per heavy atom. The van der Waals surface area contributed by atoms with Crippen LogP contribution in [0.15, 0.2) is 48.8 Å². The van der Waals surface area contributed by atoms with E-state index < -0.39 is 6.10 Å². The van der Waals surface area contributed by atoms with Crippen molar-refractivity contribution in [2.75, 3.05) is 18.5 Å². The van der Waals surface area contributed by atoms with E-state index in [1.807, 2.05) is 0 Å². The smallest absolute Gasteiger partial charge is 0.137 e. The second-order valence-electron chi connectivity index (χ2n) is 5.18. The largest absolute Gasteiger partial charge is 0.491 e. The van der Waals surface area contributed by atoms with Crippen molar-refractivity contribution < 1.29 is 18.6 Å². The van der Waals surface area contributed by atoms with E-state index in [9.17, 15) is 13.9 Å². The Labute approximate surface area is 136 Å². The Hall–Kier alpha value is -2.80. The molecule has 0 spiro atoms. The normalized spacial score (nSPS) is 12.1. The number of nitrogens with zero attached hydrogens (tertiary/aromatic N) is 2. The third kappa shape index (κ3) is 3.94. The number of aliphatic hydroxyl groups is 1. The number of ether oxygens (including phenoxy) is 1. The highest BCUT2D eigenvalue weighted by atomic mass is 19.1. The highest BCUT2D eigenvalue weighted by Gasteiger charge is 2.09. The first-order valence-corrected chi connectivity index (χ1v) is 7.32. The number of fused-ring (bicyclic) bond motifs is 1. The van der Waals surface area contributed by atoms with Crippen molar-refractivity contribution in [3.8, 4) is 5.75 Å². The number of hydrogen-bond donors (Lipinski definition) is 2. The van der Waals surface area contributed by atoms with Crippen LogP contribution in [0.3, 0.4) is 0 Å². The van der Waals surface area contributed by atoms with Gasteiger partial charge in [0.2, 0.25) is 0 Å². The molecule has 0 amide bonds. The standard InChI is InChI=1S/C17H15F2N3O2/c18-11-1-4-14(5-2-11)24-9-13(23)8-20-17-15-7-12(19)3-6-16(15)21-10-22-17/h1-7,10,13,23H,8-9H2,(H,20,21,22). The summed E-state index contributed by atoms with van der Waals surface area (Å²) < 4.78 is 31.5. The van der Waals surface area contributed by atoms with Crippen LogP contribution in [0, 0.1) is 11.6 Å². The summed E-state index contributed by atoms with van der Waals surface area (Å²) in [5.41, 5.74) is 0.603. The molecule has 3 aromatic rings. The quantitative estimate of drug-likeness (QED) is 0.727. The molecule has 7 heteroatoms. The fraction of sp³-hybridized carbons (Fsp3) is 0.176. The number of halogens is 2. The van der Waals surface area contributed by atoms with Crippen LogP contribution in [0.1, 0.15) is 0 Å². The van der Waals surface area contributed by atoms with Gasteiger partial charge in [-0.1, -0.05) is 0 Å². The molecular weight excluding hydrogens is 316 g/mol. The highest BCUT2D eigenvalue weighted by molar-refractivity contribution is 5.88. The lowest BCUT2D eigenvalue weighted by Crippen LogP contribution is -2.26. The van der Waals surface area contributed by atoms with Gasteiger partial charge in [0.15, 0.2) is 0 Å². The lowest BCUT2D eigenvalue weighted by atomic mass is 10.2. The molecule has 0 radical (unpaired) electrons. The summed E-state index contributed by atoms with van der Waals surface area (Å²) in [6, 6.07) is 9.74. The molecule has 1 aromatic heterocycles. The maximum atomic E-state index is 13.4. The van der Waals surface area contributed by atoms with Crippen molar-refractivity contribution in [2.45, 2.75) is 6.10 Å². The zero-order valence-corrected chi connectivity index (χ0v) is 12.6. The van der Waals surface area contributed by atoms with Gasteiger partial charge in [0.25, 0.3) is 0 Å². The summed E-state index contributed by atoms with van der Waals surface area (Å²) in [7, 11) is 0. The maximum Gasteiger partial charge on any atom is 0.137 e. The van der Waals surface area contributed by atoms with E-state index in [0.29, 0.717) is 22.5 Å². The van der Waals surface area contributed by atoms with E-state index in [2.05, 4.69) is 15.3 Å². The molecule has 2 aromatic carbocycles. The van der Waals surface area contributed by atoms with E-state index >= 15 is 0 Å². The van der Waals surface area contributed by atoms with Crippen LogP contribution in [0.5, 0.6) is 5.75 Å².